The highest BCUT2D eigenvalue weighted by molar-refractivity contribution is 7.92. The van der Waals surface area contributed by atoms with E-state index in [1.807, 2.05) is 6.07 Å². The standard InChI is InChI=1S/C27H29N5O5S/c1-32(2)17-19(33)14-18-8-7-9-21(15-18)38(34,35)31-27-26(28-22-10-5-6-11-23(22)29-27)30-24-13-12-20(36-3)16-25(24)37-4/h5-13,15-16H,14,17H2,1-4H3,(H,28,30)(H,29,31). The molecule has 38 heavy (non-hydrogen) atoms. The van der Waals surface area contributed by atoms with E-state index in [1.54, 1.807) is 74.6 Å². The summed E-state index contributed by atoms with van der Waals surface area (Å²) in [6, 6.07) is 18.6. The Kier molecular flexibility index (Phi) is 8.08. The van der Waals surface area contributed by atoms with E-state index < -0.39 is 10.0 Å². The molecule has 4 aromatic rings. The van der Waals surface area contributed by atoms with Crippen LogP contribution in [-0.2, 0) is 21.2 Å². The molecule has 0 aliphatic rings. The maximum Gasteiger partial charge on any atom is 0.263 e. The SMILES string of the molecule is COc1ccc(Nc2nc3ccccc3nc2NS(=O)(=O)c2cccc(CC(=O)CN(C)C)c2)c(OC)c1. The summed E-state index contributed by atoms with van der Waals surface area (Å²) in [4.78, 5) is 23.2. The Bertz CT molecular complexity index is 1570. The molecule has 11 heteroatoms. The molecule has 3 aromatic carbocycles. The van der Waals surface area contributed by atoms with Gasteiger partial charge in [0.15, 0.2) is 17.4 Å². The fourth-order valence-electron chi connectivity index (χ4n) is 3.83. The number of ketones is 1. The van der Waals surface area contributed by atoms with Crippen LogP contribution in [-0.4, -0.2) is 63.9 Å². The van der Waals surface area contributed by atoms with Crippen molar-refractivity contribution in [1.29, 1.82) is 0 Å². The lowest BCUT2D eigenvalue weighted by molar-refractivity contribution is -0.119. The van der Waals surface area contributed by atoms with Gasteiger partial charge in [-0.2, -0.15) is 0 Å². The Hall–Kier alpha value is -4.22. The minimum atomic E-state index is -4.07. The van der Waals surface area contributed by atoms with Crippen LogP contribution in [0.2, 0.25) is 0 Å². The number of ether oxygens (including phenoxy) is 2. The minimum Gasteiger partial charge on any atom is -0.497 e. The van der Waals surface area contributed by atoms with Crippen molar-refractivity contribution in [2.24, 2.45) is 0 Å². The molecular weight excluding hydrogens is 506 g/mol. The summed E-state index contributed by atoms with van der Waals surface area (Å²) in [6.45, 7) is 0.270. The maximum absolute atomic E-state index is 13.4. The summed E-state index contributed by atoms with van der Waals surface area (Å²) < 4.78 is 40.1. The molecule has 0 aliphatic heterocycles. The number of sulfonamides is 1. The van der Waals surface area contributed by atoms with E-state index in [4.69, 9.17) is 9.47 Å². The molecule has 0 saturated heterocycles. The second-order valence-corrected chi connectivity index (χ2v) is 10.5. The maximum atomic E-state index is 13.4. The van der Waals surface area contributed by atoms with Crippen molar-refractivity contribution in [2.45, 2.75) is 11.3 Å². The average molecular weight is 536 g/mol. The molecular formula is C27H29N5O5S. The topological polar surface area (TPSA) is 123 Å². The predicted molar refractivity (Wildman–Crippen MR) is 147 cm³/mol. The average Bonchev–Trinajstić information content (AvgIpc) is 2.88. The van der Waals surface area contributed by atoms with Gasteiger partial charge in [0.1, 0.15) is 11.5 Å². The molecule has 198 valence electrons. The van der Waals surface area contributed by atoms with E-state index in [-0.39, 0.29) is 35.3 Å². The Morgan fingerprint density at radius 2 is 1.61 bits per heavy atom. The third-order valence-corrected chi connectivity index (χ3v) is 6.90. The van der Waals surface area contributed by atoms with E-state index in [9.17, 15) is 13.2 Å². The lowest BCUT2D eigenvalue weighted by Crippen LogP contribution is -2.23. The van der Waals surface area contributed by atoms with Crippen LogP contribution >= 0.6 is 0 Å². The molecule has 0 saturated carbocycles. The van der Waals surface area contributed by atoms with Crippen LogP contribution in [0.3, 0.4) is 0 Å². The molecule has 10 nitrogen and oxygen atoms in total. The Balaban J connectivity index is 1.70. The van der Waals surface area contributed by atoms with Gasteiger partial charge in [-0.1, -0.05) is 24.3 Å². The van der Waals surface area contributed by atoms with Crippen molar-refractivity contribution < 1.29 is 22.7 Å². The first kappa shape index (κ1) is 26.8. The van der Waals surface area contributed by atoms with Crippen molar-refractivity contribution in [1.82, 2.24) is 14.9 Å². The number of nitrogens with one attached hydrogen (secondary N) is 2. The quantitative estimate of drug-likeness (QED) is 0.295. The highest BCUT2D eigenvalue weighted by Gasteiger charge is 2.21. The van der Waals surface area contributed by atoms with Gasteiger partial charge >= 0.3 is 0 Å². The lowest BCUT2D eigenvalue weighted by atomic mass is 10.1. The van der Waals surface area contributed by atoms with Crippen molar-refractivity contribution in [3.8, 4) is 11.5 Å². The van der Waals surface area contributed by atoms with E-state index in [2.05, 4.69) is 20.0 Å². The number of Topliss-reactive ketones (excluding diaryl/α,β-unsaturated/α-hetero) is 1. The van der Waals surface area contributed by atoms with Gasteiger partial charge in [0.05, 0.1) is 42.4 Å². The van der Waals surface area contributed by atoms with Crippen molar-refractivity contribution in [2.75, 3.05) is 44.9 Å². The van der Waals surface area contributed by atoms with Crippen molar-refractivity contribution in [3.05, 3.63) is 72.3 Å². The molecule has 1 heterocycles. The van der Waals surface area contributed by atoms with E-state index in [0.717, 1.165) is 0 Å². The van der Waals surface area contributed by atoms with Gasteiger partial charge in [-0.05, 0) is 56.1 Å². The van der Waals surface area contributed by atoms with Gasteiger partial charge in [-0.15, -0.1) is 0 Å². The highest BCUT2D eigenvalue weighted by atomic mass is 32.2. The number of methoxy groups -OCH3 is 2. The third-order valence-electron chi connectivity index (χ3n) is 5.57. The minimum absolute atomic E-state index is 0.00981. The summed E-state index contributed by atoms with van der Waals surface area (Å²) in [5, 5.41) is 3.13. The smallest absolute Gasteiger partial charge is 0.263 e. The second-order valence-electron chi connectivity index (χ2n) is 8.81. The largest absolute Gasteiger partial charge is 0.497 e. The van der Waals surface area contributed by atoms with Gasteiger partial charge < -0.3 is 19.7 Å². The highest BCUT2D eigenvalue weighted by Crippen LogP contribution is 2.34. The van der Waals surface area contributed by atoms with Crippen LogP contribution in [0.4, 0.5) is 17.3 Å². The zero-order chi connectivity index (χ0) is 27.3. The normalized spacial score (nSPS) is 11.4. The van der Waals surface area contributed by atoms with E-state index in [1.165, 1.54) is 19.2 Å². The lowest BCUT2D eigenvalue weighted by Gasteiger charge is -2.16. The fourth-order valence-corrected chi connectivity index (χ4v) is 4.91. The van der Waals surface area contributed by atoms with Crippen LogP contribution in [0.25, 0.3) is 11.0 Å². The molecule has 0 atom stereocenters. The fraction of sp³-hybridized carbons (Fsp3) is 0.222. The third kappa shape index (κ3) is 6.36. The number of rotatable bonds is 11. The monoisotopic (exact) mass is 535 g/mol. The van der Waals surface area contributed by atoms with Crippen LogP contribution in [0.15, 0.2) is 71.6 Å². The van der Waals surface area contributed by atoms with Crippen LogP contribution in [0.5, 0.6) is 11.5 Å². The summed E-state index contributed by atoms with van der Waals surface area (Å²) in [7, 11) is 2.61. The molecule has 0 spiro atoms. The van der Waals surface area contributed by atoms with Gasteiger partial charge in [0.25, 0.3) is 10.0 Å². The molecule has 0 bridgehead atoms. The van der Waals surface area contributed by atoms with Gasteiger partial charge in [-0.3, -0.25) is 9.52 Å². The summed E-state index contributed by atoms with van der Waals surface area (Å²) in [5.74, 6) is 1.26. The second kappa shape index (κ2) is 11.4. The van der Waals surface area contributed by atoms with Crippen LogP contribution in [0.1, 0.15) is 5.56 Å². The first-order chi connectivity index (χ1) is 18.2. The number of aromatic nitrogens is 2. The number of carbonyl (C=O) groups excluding carboxylic acids is 1. The first-order valence-corrected chi connectivity index (χ1v) is 13.2. The predicted octanol–water partition coefficient (Wildman–Crippen LogP) is 3.86. The number of hydrogen-bond donors (Lipinski definition) is 2. The molecule has 2 N–H and O–H groups in total. The Morgan fingerprint density at radius 1 is 0.895 bits per heavy atom. The number of nitrogens with zero attached hydrogens (tertiary/aromatic N) is 3. The van der Waals surface area contributed by atoms with Crippen molar-refractivity contribution >= 4 is 44.2 Å². The zero-order valence-corrected chi connectivity index (χ0v) is 22.4. The molecule has 0 aliphatic carbocycles. The molecule has 4 rings (SSSR count). The summed E-state index contributed by atoms with van der Waals surface area (Å²) >= 11 is 0. The van der Waals surface area contributed by atoms with Gasteiger partial charge in [-0.25, -0.2) is 18.4 Å². The molecule has 1 aromatic heterocycles. The number of hydrogen-bond acceptors (Lipinski definition) is 9. The van der Waals surface area contributed by atoms with E-state index >= 15 is 0 Å². The molecule has 0 fully saturated rings. The van der Waals surface area contributed by atoms with Crippen LogP contribution < -0.4 is 19.5 Å². The Labute approximate surface area is 221 Å². The number of anilines is 3. The van der Waals surface area contributed by atoms with Gasteiger partial charge in [0, 0.05) is 12.5 Å². The number of carbonyl (C=O) groups is 1. The number of benzene rings is 3. The zero-order valence-electron chi connectivity index (χ0n) is 21.6. The molecule has 0 amide bonds. The molecule has 0 radical (unpaired) electrons. The Morgan fingerprint density at radius 3 is 2.26 bits per heavy atom. The van der Waals surface area contributed by atoms with E-state index in [0.29, 0.717) is 33.8 Å². The first-order valence-electron chi connectivity index (χ1n) is 11.7. The summed E-state index contributed by atoms with van der Waals surface area (Å²) in [5.41, 5.74) is 2.23. The molecule has 0 unspecified atom stereocenters. The van der Waals surface area contributed by atoms with Crippen molar-refractivity contribution in [3.63, 3.8) is 0 Å². The number of likely N-dealkylation sites (N-methyl/N-ethyl adjacent to an activating group) is 1. The number of fused-ring (bicyclic) bond motifs is 1. The summed E-state index contributed by atoms with van der Waals surface area (Å²) in [6.07, 6.45) is 0.126. The van der Waals surface area contributed by atoms with Crippen LogP contribution in [0, 0.1) is 0 Å². The van der Waals surface area contributed by atoms with Gasteiger partial charge in [0.2, 0.25) is 0 Å². The number of para-hydroxylation sites is 2.